The molecule has 0 unspecified atom stereocenters. The van der Waals surface area contributed by atoms with Crippen LogP contribution in [0.25, 0.3) is 11.0 Å². The van der Waals surface area contributed by atoms with Gasteiger partial charge in [0, 0.05) is 23.9 Å². The SMILES string of the molecule is O=C(Cc1cccs1)N1CCC[C@@H](c2nc3ccccc3[nH]2)C1. The van der Waals surface area contributed by atoms with E-state index in [1.54, 1.807) is 11.3 Å². The molecule has 0 spiro atoms. The van der Waals surface area contributed by atoms with Crippen LogP contribution in [0.1, 0.15) is 29.5 Å². The van der Waals surface area contributed by atoms with Crippen LogP contribution in [0, 0.1) is 0 Å². The number of aromatic amines is 1. The lowest BCUT2D eigenvalue weighted by Gasteiger charge is -2.31. The van der Waals surface area contributed by atoms with Gasteiger partial charge in [-0.05, 0) is 36.4 Å². The topological polar surface area (TPSA) is 49.0 Å². The van der Waals surface area contributed by atoms with E-state index in [0.29, 0.717) is 12.3 Å². The second kappa shape index (κ2) is 6.16. The summed E-state index contributed by atoms with van der Waals surface area (Å²) in [6.07, 6.45) is 2.64. The average molecular weight is 325 g/mol. The lowest BCUT2D eigenvalue weighted by Crippen LogP contribution is -2.40. The number of amides is 1. The van der Waals surface area contributed by atoms with Crippen molar-refractivity contribution in [3.05, 3.63) is 52.5 Å². The molecule has 1 aromatic carbocycles. The number of carbonyl (C=O) groups excluding carboxylic acids is 1. The fourth-order valence-corrected chi connectivity index (χ4v) is 3.96. The van der Waals surface area contributed by atoms with Gasteiger partial charge in [0.15, 0.2) is 0 Å². The highest BCUT2D eigenvalue weighted by molar-refractivity contribution is 7.10. The summed E-state index contributed by atoms with van der Waals surface area (Å²) in [5.41, 5.74) is 2.08. The molecule has 23 heavy (non-hydrogen) atoms. The van der Waals surface area contributed by atoms with Crippen molar-refractivity contribution < 1.29 is 4.79 Å². The molecule has 4 rings (SSSR count). The second-order valence-electron chi connectivity index (χ2n) is 6.07. The fraction of sp³-hybridized carbons (Fsp3) is 0.333. The maximum absolute atomic E-state index is 12.5. The number of piperidine rings is 1. The van der Waals surface area contributed by atoms with Crippen molar-refractivity contribution in [1.82, 2.24) is 14.9 Å². The summed E-state index contributed by atoms with van der Waals surface area (Å²) in [6, 6.07) is 12.1. The van der Waals surface area contributed by atoms with Crippen molar-refractivity contribution in [3.63, 3.8) is 0 Å². The third-order valence-corrected chi connectivity index (χ3v) is 5.35. The molecule has 0 aliphatic carbocycles. The molecule has 1 fully saturated rings. The molecule has 1 N–H and O–H groups in total. The Morgan fingerprint density at radius 3 is 3.04 bits per heavy atom. The van der Waals surface area contributed by atoms with Gasteiger partial charge >= 0.3 is 0 Å². The van der Waals surface area contributed by atoms with Gasteiger partial charge in [0.25, 0.3) is 0 Å². The zero-order chi connectivity index (χ0) is 15.6. The van der Waals surface area contributed by atoms with E-state index in [1.165, 1.54) is 0 Å². The minimum Gasteiger partial charge on any atom is -0.342 e. The molecule has 118 valence electrons. The number of likely N-dealkylation sites (tertiary alicyclic amines) is 1. The molecule has 4 nitrogen and oxygen atoms in total. The minimum absolute atomic E-state index is 0.230. The monoisotopic (exact) mass is 325 g/mol. The predicted molar refractivity (Wildman–Crippen MR) is 92.7 cm³/mol. The maximum Gasteiger partial charge on any atom is 0.227 e. The summed E-state index contributed by atoms with van der Waals surface area (Å²) in [5, 5.41) is 2.02. The first-order valence-electron chi connectivity index (χ1n) is 8.04. The zero-order valence-electron chi connectivity index (χ0n) is 12.9. The van der Waals surface area contributed by atoms with Crippen molar-refractivity contribution in [2.24, 2.45) is 0 Å². The van der Waals surface area contributed by atoms with Crippen LogP contribution in [-0.2, 0) is 11.2 Å². The van der Waals surface area contributed by atoms with Crippen LogP contribution >= 0.6 is 11.3 Å². The van der Waals surface area contributed by atoms with Crippen LogP contribution in [-0.4, -0.2) is 33.9 Å². The number of fused-ring (bicyclic) bond motifs is 1. The van der Waals surface area contributed by atoms with Crippen molar-refractivity contribution in [3.8, 4) is 0 Å². The Hall–Kier alpha value is -2.14. The Morgan fingerprint density at radius 2 is 2.22 bits per heavy atom. The number of aromatic nitrogens is 2. The fourth-order valence-electron chi connectivity index (χ4n) is 3.27. The van der Waals surface area contributed by atoms with Crippen molar-refractivity contribution in [1.29, 1.82) is 0 Å². The van der Waals surface area contributed by atoms with E-state index < -0.39 is 0 Å². The number of nitrogens with zero attached hydrogens (tertiary/aromatic N) is 2. The summed E-state index contributed by atoms with van der Waals surface area (Å²) in [6.45, 7) is 1.63. The molecule has 0 saturated carbocycles. The number of para-hydroxylation sites is 2. The van der Waals surface area contributed by atoms with Crippen molar-refractivity contribution in [2.45, 2.75) is 25.2 Å². The number of hydrogen-bond donors (Lipinski definition) is 1. The van der Waals surface area contributed by atoms with Gasteiger partial charge in [-0.2, -0.15) is 0 Å². The first-order chi connectivity index (χ1) is 11.3. The molecule has 1 amide bonds. The van der Waals surface area contributed by atoms with Gasteiger partial charge in [-0.3, -0.25) is 4.79 Å². The normalized spacial score (nSPS) is 18.4. The van der Waals surface area contributed by atoms with Gasteiger partial charge in [0.1, 0.15) is 5.82 Å². The van der Waals surface area contributed by atoms with E-state index in [0.717, 1.165) is 47.7 Å². The minimum atomic E-state index is 0.230. The highest BCUT2D eigenvalue weighted by atomic mass is 32.1. The van der Waals surface area contributed by atoms with Gasteiger partial charge in [-0.25, -0.2) is 4.98 Å². The summed E-state index contributed by atoms with van der Waals surface area (Å²) in [5.74, 6) is 1.55. The zero-order valence-corrected chi connectivity index (χ0v) is 13.7. The van der Waals surface area contributed by atoms with Crippen LogP contribution in [0.3, 0.4) is 0 Å². The summed E-state index contributed by atoms with van der Waals surface area (Å²) in [4.78, 5) is 23.8. The molecular formula is C18H19N3OS. The Bertz CT molecular complexity index is 776. The van der Waals surface area contributed by atoms with Crippen LogP contribution in [0.4, 0.5) is 0 Å². The quantitative estimate of drug-likeness (QED) is 0.800. The van der Waals surface area contributed by atoms with Crippen LogP contribution < -0.4 is 0 Å². The molecular weight excluding hydrogens is 306 g/mol. The van der Waals surface area contributed by atoms with Gasteiger partial charge in [0.05, 0.1) is 17.5 Å². The summed E-state index contributed by atoms with van der Waals surface area (Å²) >= 11 is 1.65. The average Bonchev–Trinajstić information content (AvgIpc) is 3.24. The molecule has 0 radical (unpaired) electrons. The summed E-state index contributed by atoms with van der Waals surface area (Å²) in [7, 11) is 0. The van der Waals surface area contributed by atoms with E-state index in [2.05, 4.69) is 4.98 Å². The lowest BCUT2D eigenvalue weighted by atomic mass is 9.97. The standard InChI is InChI=1S/C18H19N3OS/c22-17(11-14-6-4-10-23-14)21-9-3-5-13(12-21)18-19-15-7-1-2-8-16(15)20-18/h1-2,4,6-8,10,13H,3,5,9,11-12H2,(H,19,20)/t13-/m1/s1. The number of carbonyl (C=O) groups is 1. The van der Waals surface area contributed by atoms with E-state index >= 15 is 0 Å². The van der Waals surface area contributed by atoms with Crippen molar-refractivity contribution >= 4 is 28.3 Å². The van der Waals surface area contributed by atoms with Crippen LogP contribution in [0.2, 0.25) is 0 Å². The van der Waals surface area contributed by atoms with Crippen molar-refractivity contribution in [2.75, 3.05) is 13.1 Å². The van der Waals surface area contributed by atoms with Gasteiger partial charge in [0.2, 0.25) is 5.91 Å². The van der Waals surface area contributed by atoms with E-state index in [-0.39, 0.29) is 5.91 Å². The van der Waals surface area contributed by atoms with Crippen LogP contribution in [0.5, 0.6) is 0 Å². The number of thiophene rings is 1. The molecule has 3 heterocycles. The molecule has 1 aliphatic heterocycles. The number of hydrogen-bond acceptors (Lipinski definition) is 3. The van der Waals surface area contributed by atoms with Gasteiger partial charge in [-0.1, -0.05) is 18.2 Å². The number of H-pyrrole nitrogens is 1. The first kappa shape index (κ1) is 14.5. The first-order valence-corrected chi connectivity index (χ1v) is 8.92. The van der Waals surface area contributed by atoms with E-state index in [4.69, 9.17) is 4.98 Å². The molecule has 1 saturated heterocycles. The highest BCUT2D eigenvalue weighted by Gasteiger charge is 2.26. The smallest absolute Gasteiger partial charge is 0.227 e. The molecule has 1 aliphatic rings. The van der Waals surface area contributed by atoms with E-state index in [1.807, 2.05) is 46.7 Å². The lowest BCUT2D eigenvalue weighted by molar-refractivity contribution is -0.131. The third kappa shape index (κ3) is 3.01. The molecule has 0 bridgehead atoms. The number of rotatable bonds is 3. The third-order valence-electron chi connectivity index (χ3n) is 4.47. The number of nitrogens with one attached hydrogen (secondary N) is 1. The largest absolute Gasteiger partial charge is 0.342 e. The Kier molecular flexibility index (Phi) is 3.87. The molecule has 5 heteroatoms. The van der Waals surface area contributed by atoms with E-state index in [9.17, 15) is 4.79 Å². The Balaban J connectivity index is 1.49. The number of imidazole rings is 1. The number of benzene rings is 1. The van der Waals surface area contributed by atoms with Gasteiger partial charge in [-0.15, -0.1) is 11.3 Å². The summed E-state index contributed by atoms with van der Waals surface area (Å²) < 4.78 is 0. The molecule has 2 aromatic heterocycles. The highest BCUT2D eigenvalue weighted by Crippen LogP contribution is 2.27. The molecule has 1 atom stereocenters. The second-order valence-corrected chi connectivity index (χ2v) is 7.11. The van der Waals surface area contributed by atoms with Gasteiger partial charge < -0.3 is 9.88 Å². The van der Waals surface area contributed by atoms with Crippen LogP contribution in [0.15, 0.2) is 41.8 Å². The maximum atomic E-state index is 12.5. The molecule has 3 aromatic rings. The Labute approximate surface area is 139 Å². The predicted octanol–water partition coefficient (Wildman–Crippen LogP) is 3.57. The Morgan fingerprint density at radius 1 is 1.30 bits per heavy atom.